The molecule has 1 aromatic carbocycles. The zero-order valence-electron chi connectivity index (χ0n) is 8.57. The largest absolute Gasteiger partial charge is 0.384 e. The summed E-state index contributed by atoms with van der Waals surface area (Å²) in [6, 6.07) is 4.08. The van der Waals surface area contributed by atoms with E-state index in [0.29, 0.717) is 0 Å². The van der Waals surface area contributed by atoms with Crippen LogP contribution in [0.2, 0.25) is 0 Å². The van der Waals surface area contributed by atoms with E-state index in [9.17, 15) is 18.3 Å². The quantitative estimate of drug-likeness (QED) is 0.873. The number of rotatable bonds is 2. The molecule has 2 nitrogen and oxygen atoms in total. The summed E-state index contributed by atoms with van der Waals surface area (Å²) in [5.74, 6) is -2.67. The van der Waals surface area contributed by atoms with Gasteiger partial charge in [-0.3, -0.25) is 4.98 Å². The van der Waals surface area contributed by atoms with Gasteiger partial charge in [-0.15, -0.1) is 0 Å². The average molecular weight is 239 g/mol. The molecule has 0 radical (unpaired) electrons. The van der Waals surface area contributed by atoms with E-state index >= 15 is 0 Å². The normalized spacial score (nSPS) is 12.5. The monoisotopic (exact) mass is 239 g/mol. The molecule has 1 heterocycles. The summed E-state index contributed by atoms with van der Waals surface area (Å²) in [5, 5.41) is 9.84. The fraction of sp³-hybridized carbons (Fsp3) is 0.0833. The van der Waals surface area contributed by atoms with Gasteiger partial charge < -0.3 is 5.11 Å². The number of aromatic nitrogens is 1. The van der Waals surface area contributed by atoms with Crippen LogP contribution >= 0.6 is 0 Å². The SMILES string of the molecule is OC(c1cncc(F)c1)c1ccc(F)c(F)c1. The smallest absolute Gasteiger partial charge is 0.159 e. The Hall–Kier alpha value is -1.88. The van der Waals surface area contributed by atoms with Crippen LogP contribution in [0.3, 0.4) is 0 Å². The second-order valence-electron chi connectivity index (χ2n) is 3.51. The molecule has 2 rings (SSSR count). The number of benzene rings is 1. The molecule has 0 fully saturated rings. The molecule has 1 atom stereocenters. The number of aliphatic hydroxyl groups is 1. The predicted molar refractivity (Wildman–Crippen MR) is 54.6 cm³/mol. The van der Waals surface area contributed by atoms with E-state index in [4.69, 9.17) is 0 Å². The molecule has 0 spiro atoms. The summed E-state index contributed by atoms with van der Waals surface area (Å²) in [6.45, 7) is 0. The lowest BCUT2D eigenvalue weighted by molar-refractivity contribution is 0.218. The van der Waals surface area contributed by atoms with E-state index < -0.39 is 23.6 Å². The molecule has 1 aromatic heterocycles. The molecule has 0 saturated carbocycles. The van der Waals surface area contributed by atoms with Crippen molar-refractivity contribution in [2.45, 2.75) is 6.10 Å². The van der Waals surface area contributed by atoms with Gasteiger partial charge in [0.05, 0.1) is 6.20 Å². The molecule has 88 valence electrons. The molecule has 0 aliphatic rings. The third-order valence-corrected chi connectivity index (χ3v) is 2.30. The number of hydrogen-bond donors (Lipinski definition) is 1. The van der Waals surface area contributed by atoms with Crippen LogP contribution in [-0.4, -0.2) is 10.1 Å². The Morgan fingerprint density at radius 2 is 1.71 bits per heavy atom. The van der Waals surface area contributed by atoms with Gasteiger partial charge in [-0.2, -0.15) is 0 Å². The van der Waals surface area contributed by atoms with Gasteiger partial charge in [0.2, 0.25) is 0 Å². The van der Waals surface area contributed by atoms with Gasteiger partial charge in [0.1, 0.15) is 11.9 Å². The Balaban J connectivity index is 2.36. The van der Waals surface area contributed by atoms with Gasteiger partial charge in [-0.25, -0.2) is 13.2 Å². The zero-order chi connectivity index (χ0) is 12.4. The number of halogens is 3. The summed E-state index contributed by atoms with van der Waals surface area (Å²) < 4.78 is 38.5. The third kappa shape index (κ3) is 2.45. The lowest BCUT2D eigenvalue weighted by atomic mass is 10.0. The van der Waals surface area contributed by atoms with E-state index in [-0.39, 0.29) is 11.1 Å². The first kappa shape index (κ1) is 11.6. The number of hydrogen-bond acceptors (Lipinski definition) is 2. The Bertz CT molecular complexity index is 545. The van der Waals surface area contributed by atoms with Crippen molar-refractivity contribution >= 4 is 0 Å². The van der Waals surface area contributed by atoms with E-state index in [2.05, 4.69) is 4.98 Å². The summed E-state index contributed by atoms with van der Waals surface area (Å²) in [7, 11) is 0. The van der Waals surface area contributed by atoms with Crippen LogP contribution in [0, 0.1) is 17.5 Å². The summed E-state index contributed by atoms with van der Waals surface area (Å²) >= 11 is 0. The third-order valence-electron chi connectivity index (χ3n) is 2.30. The van der Waals surface area contributed by atoms with Gasteiger partial charge in [0.25, 0.3) is 0 Å². The first-order valence-electron chi connectivity index (χ1n) is 4.81. The second kappa shape index (κ2) is 4.55. The molecular weight excluding hydrogens is 231 g/mol. The highest BCUT2D eigenvalue weighted by atomic mass is 19.2. The highest BCUT2D eigenvalue weighted by molar-refractivity contribution is 5.28. The highest BCUT2D eigenvalue weighted by Gasteiger charge is 2.13. The first-order chi connectivity index (χ1) is 8.08. The van der Waals surface area contributed by atoms with Crippen LogP contribution in [0.1, 0.15) is 17.2 Å². The van der Waals surface area contributed by atoms with Gasteiger partial charge in [0.15, 0.2) is 11.6 Å². The lowest BCUT2D eigenvalue weighted by Crippen LogP contribution is -2.02. The Morgan fingerprint density at radius 1 is 0.941 bits per heavy atom. The summed E-state index contributed by atoms with van der Waals surface area (Å²) in [4.78, 5) is 3.57. The van der Waals surface area contributed by atoms with E-state index in [1.807, 2.05) is 0 Å². The molecule has 0 amide bonds. The van der Waals surface area contributed by atoms with Crippen molar-refractivity contribution in [3.8, 4) is 0 Å². The van der Waals surface area contributed by atoms with Crippen LogP contribution in [0.15, 0.2) is 36.7 Å². The minimum Gasteiger partial charge on any atom is -0.384 e. The average Bonchev–Trinajstić information content (AvgIpc) is 2.32. The standard InChI is InChI=1S/C12H8F3NO/c13-9-3-8(5-16-6-9)12(17)7-1-2-10(14)11(15)4-7/h1-6,12,17H. The Kier molecular flexibility index (Phi) is 3.10. The van der Waals surface area contributed by atoms with Crippen molar-refractivity contribution in [2.75, 3.05) is 0 Å². The van der Waals surface area contributed by atoms with E-state index in [1.165, 1.54) is 12.3 Å². The van der Waals surface area contributed by atoms with Crippen LogP contribution in [0.25, 0.3) is 0 Å². The fourth-order valence-corrected chi connectivity index (χ4v) is 1.45. The maximum Gasteiger partial charge on any atom is 0.159 e. The lowest BCUT2D eigenvalue weighted by Gasteiger charge is -2.11. The fourth-order valence-electron chi connectivity index (χ4n) is 1.45. The first-order valence-corrected chi connectivity index (χ1v) is 4.81. The van der Waals surface area contributed by atoms with E-state index in [1.54, 1.807) is 0 Å². The summed E-state index contributed by atoms with van der Waals surface area (Å²) in [5.41, 5.74) is 0.312. The van der Waals surface area contributed by atoms with Gasteiger partial charge in [-0.05, 0) is 23.8 Å². The topological polar surface area (TPSA) is 33.1 Å². The maximum absolute atomic E-state index is 13.0. The second-order valence-corrected chi connectivity index (χ2v) is 3.51. The summed E-state index contributed by atoms with van der Waals surface area (Å²) in [6.07, 6.45) is 1.00. The molecule has 0 bridgehead atoms. The number of pyridine rings is 1. The Labute approximate surface area is 95.4 Å². The molecular formula is C12H8F3NO. The molecule has 0 aliphatic heterocycles. The number of aliphatic hydroxyl groups excluding tert-OH is 1. The number of nitrogens with zero attached hydrogens (tertiary/aromatic N) is 1. The molecule has 1 N–H and O–H groups in total. The molecule has 5 heteroatoms. The van der Waals surface area contributed by atoms with Crippen LogP contribution < -0.4 is 0 Å². The molecule has 17 heavy (non-hydrogen) atoms. The van der Waals surface area contributed by atoms with Crippen molar-refractivity contribution in [2.24, 2.45) is 0 Å². The van der Waals surface area contributed by atoms with Crippen molar-refractivity contribution in [1.29, 1.82) is 0 Å². The molecule has 0 saturated heterocycles. The van der Waals surface area contributed by atoms with Crippen LogP contribution in [0.5, 0.6) is 0 Å². The van der Waals surface area contributed by atoms with E-state index in [0.717, 1.165) is 24.4 Å². The maximum atomic E-state index is 13.0. The minimum absolute atomic E-state index is 0.135. The van der Waals surface area contributed by atoms with Gasteiger partial charge in [0, 0.05) is 11.8 Å². The Morgan fingerprint density at radius 3 is 2.35 bits per heavy atom. The van der Waals surface area contributed by atoms with Crippen molar-refractivity contribution < 1.29 is 18.3 Å². The minimum atomic E-state index is -1.24. The van der Waals surface area contributed by atoms with Crippen molar-refractivity contribution in [1.82, 2.24) is 4.98 Å². The van der Waals surface area contributed by atoms with Crippen molar-refractivity contribution in [3.63, 3.8) is 0 Å². The van der Waals surface area contributed by atoms with Crippen LogP contribution in [-0.2, 0) is 0 Å². The highest BCUT2D eigenvalue weighted by Crippen LogP contribution is 2.23. The van der Waals surface area contributed by atoms with Gasteiger partial charge >= 0.3 is 0 Å². The molecule has 0 aliphatic carbocycles. The zero-order valence-corrected chi connectivity index (χ0v) is 8.57. The van der Waals surface area contributed by atoms with Gasteiger partial charge in [-0.1, -0.05) is 6.07 Å². The predicted octanol–water partition coefficient (Wildman–Crippen LogP) is 2.58. The molecule has 1 unspecified atom stereocenters. The van der Waals surface area contributed by atoms with Crippen LogP contribution in [0.4, 0.5) is 13.2 Å². The molecule has 2 aromatic rings. The van der Waals surface area contributed by atoms with Crippen molar-refractivity contribution in [3.05, 3.63) is 65.2 Å².